The van der Waals surface area contributed by atoms with E-state index in [1.807, 2.05) is 11.8 Å². The maximum absolute atomic E-state index is 6.30. The van der Waals surface area contributed by atoms with Crippen LogP contribution in [0.3, 0.4) is 0 Å². The van der Waals surface area contributed by atoms with Gasteiger partial charge in [0.2, 0.25) is 0 Å². The van der Waals surface area contributed by atoms with Crippen molar-refractivity contribution in [2.75, 3.05) is 0 Å². The predicted molar refractivity (Wildman–Crippen MR) is 81.0 cm³/mol. The summed E-state index contributed by atoms with van der Waals surface area (Å²) < 4.78 is 0. The Morgan fingerprint density at radius 2 is 2.17 bits per heavy atom. The number of benzene rings is 1. The molecule has 1 aliphatic carbocycles. The zero-order chi connectivity index (χ0) is 13.0. The molecule has 1 nitrogen and oxygen atoms in total. The molecule has 0 aliphatic heterocycles. The van der Waals surface area contributed by atoms with Crippen molar-refractivity contribution in [2.24, 2.45) is 11.7 Å². The summed E-state index contributed by atoms with van der Waals surface area (Å²) in [6.07, 6.45) is 6.51. The van der Waals surface area contributed by atoms with Crippen molar-refractivity contribution in [1.82, 2.24) is 0 Å². The molecule has 0 heterocycles. The minimum absolute atomic E-state index is 0.378. The van der Waals surface area contributed by atoms with Crippen molar-refractivity contribution < 1.29 is 0 Å². The number of hydrogen-bond donors (Lipinski definition) is 1. The SMILES string of the molecule is CCCC1CCC(N)C(Sc2cccc(C)c2)C1. The van der Waals surface area contributed by atoms with E-state index < -0.39 is 0 Å². The molecular formula is C16H25NS. The molecule has 0 aromatic heterocycles. The second-order valence-corrected chi connectivity index (χ2v) is 6.92. The molecule has 1 aromatic carbocycles. The maximum Gasteiger partial charge on any atom is 0.0248 e. The highest BCUT2D eigenvalue weighted by atomic mass is 32.2. The second kappa shape index (κ2) is 6.63. The molecule has 1 aliphatic rings. The van der Waals surface area contributed by atoms with Crippen molar-refractivity contribution in [1.29, 1.82) is 0 Å². The zero-order valence-electron chi connectivity index (χ0n) is 11.6. The minimum Gasteiger partial charge on any atom is -0.327 e. The van der Waals surface area contributed by atoms with Gasteiger partial charge in [0.1, 0.15) is 0 Å². The van der Waals surface area contributed by atoms with Gasteiger partial charge in [0, 0.05) is 16.2 Å². The topological polar surface area (TPSA) is 26.0 Å². The van der Waals surface area contributed by atoms with Gasteiger partial charge >= 0.3 is 0 Å². The van der Waals surface area contributed by atoms with Crippen molar-refractivity contribution in [3.8, 4) is 0 Å². The Hall–Kier alpha value is -0.470. The summed E-state index contributed by atoms with van der Waals surface area (Å²) in [4.78, 5) is 1.38. The molecule has 2 N–H and O–H groups in total. The lowest BCUT2D eigenvalue weighted by atomic mass is 9.83. The van der Waals surface area contributed by atoms with E-state index in [4.69, 9.17) is 5.73 Å². The molecule has 2 heteroatoms. The van der Waals surface area contributed by atoms with E-state index in [0.717, 1.165) is 5.92 Å². The highest BCUT2D eigenvalue weighted by molar-refractivity contribution is 8.00. The Balaban J connectivity index is 1.98. The van der Waals surface area contributed by atoms with E-state index in [-0.39, 0.29) is 0 Å². The lowest BCUT2D eigenvalue weighted by Crippen LogP contribution is -2.38. The van der Waals surface area contributed by atoms with Crippen LogP contribution >= 0.6 is 11.8 Å². The van der Waals surface area contributed by atoms with E-state index in [1.165, 1.54) is 42.6 Å². The van der Waals surface area contributed by atoms with Gasteiger partial charge in [-0.05, 0) is 44.2 Å². The van der Waals surface area contributed by atoms with Gasteiger partial charge in [-0.3, -0.25) is 0 Å². The van der Waals surface area contributed by atoms with Crippen LogP contribution in [0.1, 0.15) is 44.6 Å². The first-order chi connectivity index (χ1) is 8.69. The highest BCUT2D eigenvalue weighted by Gasteiger charge is 2.28. The summed E-state index contributed by atoms with van der Waals surface area (Å²) in [6, 6.07) is 9.18. The van der Waals surface area contributed by atoms with E-state index in [2.05, 4.69) is 38.1 Å². The first-order valence-electron chi connectivity index (χ1n) is 7.18. The molecule has 1 fully saturated rings. The third-order valence-corrected chi connectivity index (χ3v) is 5.30. The first-order valence-corrected chi connectivity index (χ1v) is 8.06. The Morgan fingerprint density at radius 1 is 1.33 bits per heavy atom. The van der Waals surface area contributed by atoms with Gasteiger partial charge in [-0.25, -0.2) is 0 Å². The van der Waals surface area contributed by atoms with Crippen LogP contribution in [-0.2, 0) is 0 Å². The molecule has 0 amide bonds. The van der Waals surface area contributed by atoms with Crippen molar-refractivity contribution in [2.45, 2.75) is 62.1 Å². The lowest BCUT2D eigenvalue weighted by molar-refractivity contribution is 0.317. The Labute approximate surface area is 116 Å². The van der Waals surface area contributed by atoms with Gasteiger partial charge in [-0.1, -0.05) is 37.5 Å². The number of aryl methyl sites for hydroxylation is 1. The quantitative estimate of drug-likeness (QED) is 0.872. The third kappa shape index (κ3) is 3.76. The summed E-state index contributed by atoms with van der Waals surface area (Å²) in [5, 5.41) is 0.608. The van der Waals surface area contributed by atoms with Crippen LogP contribution in [0.15, 0.2) is 29.2 Å². The molecule has 2 rings (SSSR count). The van der Waals surface area contributed by atoms with Crippen LogP contribution in [-0.4, -0.2) is 11.3 Å². The van der Waals surface area contributed by atoms with Crippen LogP contribution in [0.25, 0.3) is 0 Å². The van der Waals surface area contributed by atoms with Crippen LogP contribution in [0.5, 0.6) is 0 Å². The van der Waals surface area contributed by atoms with Crippen LogP contribution in [0, 0.1) is 12.8 Å². The summed E-state index contributed by atoms with van der Waals surface area (Å²) in [5.41, 5.74) is 7.64. The molecule has 0 saturated heterocycles. The predicted octanol–water partition coefficient (Wildman–Crippen LogP) is 4.38. The summed E-state index contributed by atoms with van der Waals surface area (Å²) in [6.45, 7) is 4.45. The molecule has 1 saturated carbocycles. The molecule has 0 bridgehead atoms. The van der Waals surface area contributed by atoms with Crippen LogP contribution in [0.2, 0.25) is 0 Å². The molecule has 100 valence electrons. The fourth-order valence-electron chi connectivity index (χ4n) is 2.90. The number of hydrogen-bond acceptors (Lipinski definition) is 2. The maximum atomic E-state index is 6.30. The van der Waals surface area contributed by atoms with E-state index in [1.54, 1.807) is 0 Å². The van der Waals surface area contributed by atoms with Gasteiger partial charge in [-0.15, -0.1) is 11.8 Å². The number of rotatable bonds is 4. The van der Waals surface area contributed by atoms with Gasteiger partial charge in [-0.2, -0.15) is 0 Å². The second-order valence-electron chi connectivity index (χ2n) is 5.60. The Kier molecular flexibility index (Phi) is 5.13. The molecule has 3 unspecified atom stereocenters. The third-order valence-electron chi connectivity index (χ3n) is 3.93. The minimum atomic E-state index is 0.378. The molecule has 0 spiro atoms. The summed E-state index contributed by atoms with van der Waals surface area (Å²) in [5.74, 6) is 0.900. The fraction of sp³-hybridized carbons (Fsp3) is 0.625. The largest absolute Gasteiger partial charge is 0.327 e. The van der Waals surface area contributed by atoms with Crippen LogP contribution in [0.4, 0.5) is 0 Å². The van der Waals surface area contributed by atoms with Crippen molar-refractivity contribution in [3.63, 3.8) is 0 Å². The monoisotopic (exact) mass is 263 g/mol. The van der Waals surface area contributed by atoms with Gasteiger partial charge in [0.05, 0.1) is 0 Å². The van der Waals surface area contributed by atoms with Gasteiger partial charge < -0.3 is 5.73 Å². The van der Waals surface area contributed by atoms with Crippen LogP contribution < -0.4 is 5.73 Å². The molecule has 1 aromatic rings. The number of thioether (sulfide) groups is 1. The smallest absolute Gasteiger partial charge is 0.0248 e. The first kappa shape index (κ1) is 14.0. The molecular weight excluding hydrogens is 238 g/mol. The lowest BCUT2D eigenvalue weighted by Gasteiger charge is -2.33. The normalized spacial score (nSPS) is 28.3. The fourth-order valence-corrected chi connectivity index (χ4v) is 4.34. The Bertz CT molecular complexity index is 377. The van der Waals surface area contributed by atoms with Gasteiger partial charge in [0.15, 0.2) is 0 Å². The van der Waals surface area contributed by atoms with Crippen molar-refractivity contribution in [3.05, 3.63) is 29.8 Å². The average Bonchev–Trinajstić information content (AvgIpc) is 2.34. The molecule has 3 atom stereocenters. The molecule has 0 radical (unpaired) electrons. The summed E-state index contributed by atoms with van der Waals surface area (Å²) in [7, 11) is 0. The number of nitrogens with two attached hydrogens (primary N) is 1. The Morgan fingerprint density at radius 3 is 2.89 bits per heavy atom. The van der Waals surface area contributed by atoms with Gasteiger partial charge in [0.25, 0.3) is 0 Å². The summed E-state index contributed by atoms with van der Waals surface area (Å²) >= 11 is 1.99. The highest BCUT2D eigenvalue weighted by Crippen LogP contribution is 2.37. The van der Waals surface area contributed by atoms with E-state index >= 15 is 0 Å². The standard InChI is InChI=1S/C16H25NS/c1-3-5-13-8-9-15(17)16(11-13)18-14-7-4-6-12(2)10-14/h4,6-7,10,13,15-16H,3,5,8-9,11,17H2,1-2H3. The average molecular weight is 263 g/mol. The van der Waals surface area contributed by atoms with Crippen molar-refractivity contribution >= 4 is 11.8 Å². The van der Waals surface area contributed by atoms with E-state index in [0.29, 0.717) is 11.3 Å². The zero-order valence-corrected chi connectivity index (χ0v) is 12.4. The molecule has 18 heavy (non-hydrogen) atoms. The van der Waals surface area contributed by atoms with E-state index in [9.17, 15) is 0 Å².